The SMILES string of the molecule is CCNCCC(NC(=O)C(=O)O)C(=O)NNC(=O)OCC1c2ccccc2-c2ccccc21. The molecule has 0 fully saturated rings. The van der Waals surface area contributed by atoms with Crippen LogP contribution in [0, 0.1) is 0 Å². The lowest BCUT2D eigenvalue weighted by molar-refractivity contribution is -0.151. The molecular weight excluding hydrogens is 428 g/mol. The summed E-state index contributed by atoms with van der Waals surface area (Å²) in [7, 11) is 0. The fourth-order valence-electron chi connectivity index (χ4n) is 3.75. The molecular formula is C23H26N4O6. The number of rotatable bonds is 8. The number of benzene rings is 2. The largest absolute Gasteiger partial charge is 0.474 e. The van der Waals surface area contributed by atoms with E-state index < -0.39 is 29.9 Å². The Morgan fingerprint density at radius 3 is 2.15 bits per heavy atom. The van der Waals surface area contributed by atoms with E-state index in [9.17, 15) is 19.2 Å². The van der Waals surface area contributed by atoms with Gasteiger partial charge < -0.3 is 20.5 Å². The number of carboxylic acids is 1. The fourth-order valence-corrected chi connectivity index (χ4v) is 3.75. The molecule has 5 N–H and O–H groups in total. The zero-order valence-electron chi connectivity index (χ0n) is 18.1. The average molecular weight is 454 g/mol. The summed E-state index contributed by atoms with van der Waals surface area (Å²) >= 11 is 0. The summed E-state index contributed by atoms with van der Waals surface area (Å²) in [6.45, 7) is 2.93. The van der Waals surface area contributed by atoms with E-state index >= 15 is 0 Å². The monoisotopic (exact) mass is 454 g/mol. The van der Waals surface area contributed by atoms with E-state index in [1.807, 2.05) is 55.5 Å². The van der Waals surface area contributed by atoms with Crippen LogP contribution in [-0.2, 0) is 19.1 Å². The van der Waals surface area contributed by atoms with Crippen molar-refractivity contribution in [3.05, 3.63) is 59.7 Å². The molecule has 1 atom stereocenters. The van der Waals surface area contributed by atoms with E-state index in [1.54, 1.807) is 0 Å². The Morgan fingerprint density at radius 2 is 1.58 bits per heavy atom. The van der Waals surface area contributed by atoms with Gasteiger partial charge in [0.25, 0.3) is 5.91 Å². The van der Waals surface area contributed by atoms with Crippen molar-refractivity contribution in [2.45, 2.75) is 25.3 Å². The number of carbonyl (C=O) groups is 4. The minimum atomic E-state index is -1.71. The van der Waals surface area contributed by atoms with Crippen molar-refractivity contribution in [1.82, 2.24) is 21.5 Å². The average Bonchev–Trinajstić information content (AvgIpc) is 3.14. The fraction of sp³-hybridized carbons (Fsp3) is 0.304. The Hall–Kier alpha value is -3.92. The summed E-state index contributed by atoms with van der Waals surface area (Å²) in [5.41, 5.74) is 8.60. The van der Waals surface area contributed by atoms with Crippen molar-refractivity contribution in [3.8, 4) is 11.1 Å². The van der Waals surface area contributed by atoms with Gasteiger partial charge >= 0.3 is 18.0 Å². The first-order valence-electron chi connectivity index (χ1n) is 10.6. The number of ether oxygens (including phenoxy) is 1. The van der Waals surface area contributed by atoms with Gasteiger partial charge in [-0.1, -0.05) is 55.5 Å². The number of aliphatic carboxylic acids is 1. The zero-order valence-corrected chi connectivity index (χ0v) is 18.1. The van der Waals surface area contributed by atoms with Gasteiger partial charge in [0.15, 0.2) is 0 Å². The van der Waals surface area contributed by atoms with E-state index in [4.69, 9.17) is 9.84 Å². The van der Waals surface area contributed by atoms with Gasteiger partial charge in [0.1, 0.15) is 12.6 Å². The Bertz CT molecular complexity index is 996. The molecule has 1 unspecified atom stereocenters. The summed E-state index contributed by atoms with van der Waals surface area (Å²) in [6.07, 6.45) is -0.745. The van der Waals surface area contributed by atoms with Gasteiger partial charge in [-0.05, 0) is 41.8 Å². The maximum atomic E-state index is 12.4. The zero-order chi connectivity index (χ0) is 23.8. The van der Waals surface area contributed by atoms with Crippen molar-refractivity contribution in [2.75, 3.05) is 19.7 Å². The summed E-state index contributed by atoms with van der Waals surface area (Å²) in [4.78, 5) is 46.8. The van der Waals surface area contributed by atoms with Crippen LogP contribution >= 0.6 is 0 Å². The number of nitrogens with one attached hydrogen (secondary N) is 4. The third kappa shape index (κ3) is 5.86. The number of amides is 3. The summed E-state index contributed by atoms with van der Waals surface area (Å²) in [5.74, 6) is -3.92. The van der Waals surface area contributed by atoms with E-state index in [0.717, 1.165) is 22.3 Å². The summed E-state index contributed by atoms with van der Waals surface area (Å²) in [6, 6.07) is 14.6. The number of carbonyl (C=O) groups excluding carboxylic acids is 3. The molecule has 0 bridgehead atoms. The Labute approximate surface area is 190 Å². The standard InChI is InChI=1S/C23H26N4O6/c1-2-24-12-11-19(25-21(29)22(30)31)20(28)26-27-23(32)33-13-18-16-9-5-3-7-14(16)15-8-4-6-10-17(15)18/h3-10,18-19,24H,2,11-13H2,1H3,(H,25,29)(H,26,28)(H,27,32)(H,30,31). The third-order valence-corrected chi connectivity index (χ3v) is 5.31. The van der Waals surface area contributed by atoms with Gasteiger partial charge in [-0.25, -0.2) is 15.0 Å². The molecule has 1 aliphatic rings. The first-order chi connectivity index (χ1) is 15.9. The highest BCUT2D eigenvalue weighted by Gasteiger charge is 2.29. The van der Waals surface area contributed by atoms with Crippen LogP contribution in [0.3, 0.4) is 0 Å². The first kappa shape index (κ1) is 23.7. The summed E-state index contributed by atoms with van der Waals surface area (Å²) < 4.78 is 5.33. The Morgan fingerprint density at radius 1 is 0.970 bits per heavy atom. The predicted molar refractivity (Wildman–Crippen MR) is 119 cm³/mol. The normalized spacial score (nSPS) is 12.8. The van der Waals surface area contributed by atoms with Crippen LogP contribution in [0.25, 0.3) is 11.1 Å². The van der Waals surface area contributed by atoms with Crippen molar-refractivity contribution in [1.29, 1.82) is 0 Å². The molecule has 0 saturated heterocycles. The molecule has 10 nitrogen and oxygen atoms in total. The molecule has 0 spiro atoms. The molecule has 174 valence electrons. The molecule has 10 heteroatoms. The van der Waals surface area contributed by atoms with Crippen LogP contribution in [0.4, 0.5) is 4.79 Å². The van der Waals surface area contributed by atoms with E-state index in [0.29, 0.717) is 13.1 Å². The number of hydrazine groups is 1. The first-order valence-corrected chi connectivity index (χ1v) is 10.6. The maximum absolute atomic E-state index is 12.4. The molecule has 0 heterocycles. The van der Waals surface area contributed by atoms with Crippen LogP contribution in [0.15, 0.2) is 48.5 Å². The van der Waals surface area contributed by atoms with Gasteiger partial charge in [-0.15, -0.1) is 0 Å². The van der Waals surface area contributed by atoms with Crippen molar-refractivity contribution in [2.24, 2.45) is 0 Å². The van der Waals surface area contributed by atoms with Crippen LogP contribution in [0.5, 0.6) is 0 Å². The Kier molecular flexibility index (Phi) is 7.98. The van der Waals surface area contributed by atoms with Crippen LogP contribution < -0.4 is 21.5 Å². The molecule has 33 heavy (non-hydrogen) atoms. The molecule has 3 rings (SSSR count). The Balaban J connectivity index is 1.55. The number of hydrogen-bond donors (Lipinski definition) is 5. The second-order valence-corrected chi connectivity index (χ2v) is 7.41. The topological polar surface area (TPSA) is 146 Å². The highest BCUT2D eigenvalue weighted by molar-refractivity contribution is 6.32. The predicted octanol–water partition coefficient (Wildman–Crippen LogP) is 1.13. The lowest BCUT2D eigenvalue weighted by Gasteiger charge is -2.18. The minimum absolute atomic E-state index is 0.0648. The van der Waals surface area contributed by atoms with Gasteiger partial charge in [-0.3, -0.25) is 15.0 Å². The van der Waals surface area contributed by atoms with Crippen molar-refractivity contribution in [3.63, 3.8) is 0 Å². The lowest BCUT2D eigenvalue weighted by atomic mass is 9.98. The molecule has 2 aromatic rings. The van der Waals surface area contributed by atoms with Gasteiger partial charge in [0, 0.05) is 5.92 Å². The summed E-state index contributed by atoms with van der Waals surface area (Å²) in [5, 5.41) is 13.9. The van der Waals surface area contributed by atoms with E-state index in [-0.39, 0.29) is 18.9 Å². The second kappa shape index (κ2) is 11.1. The van der Waals surface area contributed by atoms with E-state index in [1.165, 1.54) is 0 Å². The maximum Gasteiger partial charge on any atom is 0.426 e. The molecule has 0 saturated carbocycles. The number of carboxylic acid groups (broad SMARTS) is 1. The van der Waals surface area contributed by atoms with E-state index in [2.05, 4.69) is 21.5 Å². The molecule has 1 aliphatic carbocycles. The van der Waals surface area contributed by atoms with Crippen LogP contribution in [-0.4, -0.2) is 54.7 Å². The molecule has 0 aromatic heterocycles. The highest BCUT2D eigenvalue weighted by atomic mass is 16.6. The van der Waals surface area contributed by atoms with Gasteiger partial charge in [0.2, 0.25) is 0 Å². The van der Waals surface area contributed by atoms with Gasteiger partial charge in [-0.2, -0.15) is 0 Å². The molecule has 0 radical (unpaired) electrons. The van der Waals surface area contributed by atoms with Crippen molar-refractivity contribution >= 4 is 23.9 Å². The highest BCUT2D eigenvalue weighted by Crippen LogP contribution is 2.44. The van der Waals surface area contributed by atoms with Crippen molar-refractivity contribution < 1.29 is 29.0 Å². The smallest absolute Gasteiger partial charge is 0.426 e. The third-order valence-electron chi connectivity index (χ3n) is 5.31. The minimum Gasteiger partial charge on any atom is -0.474 e. The van der Waals surface area contributed by atoms with Crippen LogP contribution in [0.1, 0.15) is 30.4 Å². The number of hydrogen-bond acceptors (Lipinski definition) is 6. The number of fused-ring (bicyclic) bond motifs is 3. The molecule has 0 aliphatic heterocycles. The molecule has 2 aromatic carbocycles. The molecule has 3 amide bonds. The van der Waals surface area contributed by atoms with Crippen LogP contribution in [0.2, 0.25) is 0 Å². The lowest BCUT2D eigenvalue weighted by Crippen LogP contribution is -2.54. The quantitative estimate of drug-likeness (QED) is 0.228. The van der Waals surface area contributed by atoms with Gasteiger partial charge in [0.05, 0.1) is 0 Å². The second-order valence-electron chi connectivity index (χ2n) is 7.41.